The topological polar surface area (TPSA) is 12.0 Å². The molecule has 1 nitrogen and oxygen atoms in total. The third-order valence-electron chi connectivity index (χ3n) is 4.62. The Morgan fingerprint density at radius 1 is 0.750 bits per heavy atom. The summed E-state index contributed by atoms with van der Waals surface area (Å²) in [5.74, 6) is 0. The highest BCUT2D eigenvalue weighted by Crippen LogP contribution is 2.27. The number of nitrogens with one attached hydrogen (secondary N) is 1. The Morgan fingerprint density at radius 3 is 1.95 bits per heavy atom. The summed E-state index contributed by atoms with van der Waals surface area (Å²) in [5, 5.41) is 4.71. The number of benzene rings is 2. The molecule has 0 saturated carbocycles. The van der Waals surface area contributed by atoms with Crippen LogP contribution in [0.5, 0.6) is 0 Å². The van der Waals surface area contributed by atoms with Crippen LogP contribution in [0.1, 0.15) is 22.3 Å². The van der Waals surface area contributed by atoms with Gasteiger partial charge in [-0.3, -0.25) is 0 Å². The van der Waals surface area contributed by atoms with Crippen molar-refractivity contribution in [2.75, 3.05) is 0 Å². The smallest absolute Gasteiger partial charge is 0.0408 e. The van der Waals surface area contributed by atoms with Crippen LogP contribution < -0.4 is 5.32 Å². The Kier molecular flexibility index (Phi) is 3.05. The maximum absolute atomic E-state index is 6.08. The summed E-state index contributed by atoms with van der Waals surface area (Å²) in [7, 11) is 0. The molecule has 20 heavy (non-hydrogen) atoms. The monoisotopic (exact) mass is 283 g/mol. The zero-order valence-electron chi connectivity index (χ0n) is 11.4. The van der Waals surface area contributed by atoms with E-state index in [0.29, 0.717) is 12.1 Å². The Labute approximate surface area is 125 Å². The SMILES string of the molecule is Clc1ccc2c(c1)CC(NC1Cc3ccccc3C1)C2. The van der Waals surface area contributed by atoms with Gasteiger partial charge in [-0.1, -0.05) is 41.9 Å². The normalized spacial score (nSPS) is 20.9. The maximum Gasteiger partial charge on any atom is 0.0408 e. The van der Waals surface area contributed by atoms with E-state index in [1.54, 1.807) is 0 Å². The van der Waals surface area contributed by atoms with Gasteiger partial charge in [0, 0.05) is 17.1 Å². The van der Waals surface area contributed by atoms with Crippen LogP contribution in [0.15, 0.2) is 42.5 Å². The van der Waals surface area contributed by atoms with Crippen molar-refractivity contribution in [3.8, 4) is 0 Å². The molecule has 0 aromatic heterocycles. The van der Waals surface area contributed by atoms with Gasteiger partial charge in [0.05, 0.1) is 0 Å². The van der Waals surface area contributed by atoms with Crippen molar-refractivity contribution in [3.05, 3.63) is 69.7 Å². The standard InChI is InChI=1S/C18H18ClN/c19-16-6-5-14-10-18(11-15(14)7-16)20-17-8-12-3-1-2-4-13(12)9-17/h1-7,17-18,20H,8-11H2. The fourth-order valence-corrected chi connectivity index (χ4v) is 3.91. The van der Waals surface area contributed by atoms with Crippen LogP contribution in [0.4, 0.5) is 0 Å². The maximum atomic E-state index is 6.08. The van der Waals surface area contributed by atoms with E-state index in [1.165, 1.54) is 35.1 Å². The molecule has 2 aliphatic carbocycles. The molecule has 2 aliphatic rings. The average molecular weight is 284 g/mol. The van der Waals surface area contributed by atoms with Gasteiger partial charge in [-0.05, 0) is 60.1 Å². The van der Waals surface area contributed by atoms with Gasteiger partial charge in [-0.15, -0.1) is 0 Å². The number of rotatable bonds is 2. The molecular weight excluding hydrogens is 266 g/mol. The van der Waals surface area contributed by atoms with Crippen LogP contribution in [0.25, 0.3) is 0 Å². The molecule has 4 rings (SSSR count). The minimum Gasteiger partial charge on any atom is -0.310 e. The van der Waals surface area contributed by atoms with Crippen molar-refractivity contribution in [2.45, 2.75) is 37.8 Å². The van der Waals surface area contributed by atoms with Crippen LogP contribution in [-0.4, -0.2) is 12.1 Å². The van der Waals surface area contributed by atoms with E-state index in [-0.39, 0.29) is 0 Å². The lowest BCUT2D eigenvalue weighted by Gasteiger charge is -2.18. The molecule has 1 N–H and O–H groups in total. The van der Waals surface area contributed by atoms with E-state index >= 15 is 0 Å². The van der Waals surface area contributed by atoms with Gasteiger partial charge in [0.1, 0.15) is 0 Å². The molecule has 0 heterocycles. The molecule has 0 radical (unpaired) electrons. The lowest BCUT2D eigenvalue weighted by Crippen LogP contribution is -2.39. The van der Waals surface area contributed by atoms with Crippen molar-refractivity contribution < 1.29 is 0 Å². The van der Waals surface area contributed by atoms with E-state index in [0.717, 1.165) is 17.9 Å². The van der Waals surface area contributed by atoms with Gasteiger partial charge in [-0.2, -0.15) is 0 Å². The van der Waals surface area contributed by atoms with Crippen LogP contribution in [0.3, 0.4) is 0 Å². The molecule has 1 atom stereocenters. The zero-order valence-corrected chi connectivity index (χ0v) is 12.2. The van der Waals surface area contributed by atoms with Gasteiger partial charge in [0.25, 0.3) is 0 Å². The Hall–Kier alpha value is -1.31. The molecule has 0 aliphatic heterocycles. The number of hydrogen-bond acceptors (Lipinski definition) is 1. The van der Waals surface area contributed by atoms with Crippen molar-refractivity contribution in [2.24, 2.45) is 0 Å². The number of halogens is 1. The minimum atomic E-state index is 0.572. The van der Waals surface area contributed by atoms with E-state index in [2.05, 4.69) is 41.7 Å². The summed E-state index contributed by atoms with van der Waals surface area (Å²) in [6.07, 6.45) is 4.59. The van der Waals surface area contributed by atoms with E-state index in [9.17, 15) is 0 Å². The second kappa shape index (κ2) is 4.91. The fraction of sp³-hybridized carbons (Fsp3) is 0.333. The lowest BCUT2D eigenvalue weighted by molar-refractivity contribution is 0.445. The van der Waals surface area contributed by atoms with Crippen molar-refractivity contribution in [1.29, 1.82) is 0 Å². The van der Waals surface area contributed by atoms with Crippen LogP contribution in [-0.2, 0) is 25.7 Å². The zero-order chi connectivity index (χ0) is 13.5. The van der Waals surface area contributed by atoms with E-state index in [1.807, 2.05) is 6.07 Å². The molecule has 0 saturated heterocycles. The quantitative estimate of drug-likeness (QED) is 0.889. The number of fused-ring (bicyclic) bond motifs is 2. The minimum absolute atomic E-state index is 0.572. The fourth-order valence-electron chi connectivity index (χ4n) is 3.71. The van der Waals surface area contributed by atoms with Gasteiger partial charge in [-0.25, -0.2) is 0 Å². The molecule has 2 aromatic rings. The summed E-state index contributed by atoms with van der Waals surface area (Å²) in [6.45, 7) is 0. The highest BCUT2D eigenvalue weighted by molar-refractivity contribution is 6.30. The first-order valence-corrected chi connectivity index (χ1v) is 7.76. The Bertz CT molecular complexity index is 625. The molecule has 2 aromatic carbocycles. The molecule has 102 valence electrons. The third-order valence-corrected chi connectivity index (χ3v) is 4.86. The predicted molar refractivity (Wildman–Crippen MR) is 83.4 cm³/mol. The summed E-state index contributed by atoms with van der Waals surface area (Å²) < 4.78 is 0. The summed E-state index contributed by atoms with van der Waals surface area (Å²) >= 11 is 6.08. The molecule has 2 heteroatoms. The lowest BCUT2D eigenvalue weighted by atomic mass is 10.1. The molecule has 0 fully saturated rings. The summed E-state index contributed by atoms with van der Waals surface area (Å²) in [4.78, 5) is 0. The van der Waals surface area contributed by atoms with Gasteiger partial charge >= 0.3 is 0 Å². The molecule has 0 bridgehead atoms. The van der Waals surface area contributed by atoms with E-state index < -0.39 is 0 Å². The molecular formula is C18H18ClN. The van der Waals surface area contributed by atoms with E-state index in [4.69, 9.17) is 11.6 Å². The van der Waals surface area contributed by atoms with Crippen molar-refractivity contribution in [3.63, 3.8) is 0 Å². The van der Waals surface area contributed by atoms with Crippen molar-refractivity contribution >= 4 is 11.6 Å². The van der Waals surface area contributed by atoms with Crippen LogP contribution in [0, 0.1) is 0 Å². The second-order valence-electron chi connectivity index (χ2n) is 6.06. The highest BCUT2D eigenvalue weighted by Gasteiger charge is 2.27. The largest absolute Gasteiger partial charge is 0.310 e. The third kappa shape index (κ3) is 2.25. The van der Waals surface area contributed by atoms with Crippen molar-refractivity contribution in [1.82, 2.24) is 5.32 Å². The van der Waals surface area contributed by atoms with Crippen LogP contribution >= 0.6 is 11.6 Å². The molecule has 1 unspecified atom stereocenters. The van der Waals surface area contributed by atoms with Crippen LogP contribution in [0.2, 0.25) is 5.02 Å². The first-order valence-electron chi connectivity index (χ1n) is 7.38. The molecule has 0 spiro atoms. The summed E-state index contributed by atoms with van der Waals surface area (Å²) in [6, 6.07) is 16.3. The number of hydrogen-bond donors (Lipinski definition) is 1. The Morgan fingerprint density at radius 2 is 1.30 bits per heavy atom. The second-order valence-corrected chi connectivity index (χ2v) is 6.50. The summed E-state index contributed by atoms with van der Waals surface area (Å²) in [5.41, 5.74) is 5.92. The van der Waals surface area contributed by atoms with Gasteiger partial charge < -0.3 is 5.32 Å². The average Bonchev–Trinajstić information content (AvgIpc) is 3.00. The predicted octanol–water partition coefficient (Wildman–Crippen LogP) is 3.56. The highest BCUT2D eigenvalue weighted by atomic mass is 35.5. The van der Waals surface area contributed by atoms with Gasteiger partial charge in [0.2, 0.25) is 0 Å². The van der Waals surface area contributed by atoms with Gasteiger partial charge in [0.15, 0.2) is 0 Å². The first-order chi connectivity index (χ1) is 9.78. The first kappa shape index (κ1) is 12.4. The molecule has 0 amide bonds. The Balaban J connectivity index is 1.43.